The van der Waals surface area contributed by atoms with Gasteiger partial charge in [0.15, 0.2) is 0 Å². The van der Waals surface area contributed by atoms with E-state index in [1.54, 1.807) is 26.2 Å². The van der Waals surface area contributed by atoms with Crippen molar-refractivity contribution in [1.82, 2.24) is 5.32 Å². The Morgan fingerprint density at radius 2 is 1.69 bits per heavy atom. The smallest absolute Gasteiger partial charge is 0.328 e. The minimum atomic E-state index is -0.861. The van der Waals surface area contributed by atoms with Crippen LogP contribution in [0.15, 0.2) is 48.5 Å². The van der Waals surface area contributed by atoms with Crippen molar-refractivity contribution in [2.45, 2.75) is 32.2 Å². The molecule has 2 aromatic rings. The maximum atomic E-state index is 12.4. The van der Waals surface area contributed by atoms with E-state index in [9.17, 15) is 19.7 Å². The molecule has 0 aromatic heterocycles. The number of aryl methyl sites for hydroxylation is 1. The zero-order chi connectivity index (χ0) is 21.2. The van der Waals surface area contributed by atoms with Crippen LogP contribution in [-0.2, 0) is 27.2 Å². The SMILES string of the molecule is CCOC(=O)[C@H](Cc1ccc([N+](=O)[O-])cc1)NC(=O)CCc1ccc(OC)cc1. The Morgan fingerprint density at radius 1 is 1.07 bits per heavy atom. The van der Waals surface area contributed by atoms with Crippen LogP contribution in [0, 0.1) is 10.1 Å². The van der Waals surface area contributed by atoms with Gasteiger partial charge >= 0.3 is 5.97 Å². The zero-order valence-corrected chi connectivity index (χ0v) is 16.4. The van der Waals surface area contributed by atoms with E-state index in [4.69, 9.17) is 9.47 Å². The Kier molecular flexibility index (Phi) is 8.14. The van der Waals surface area contributed by atoms with E-state index in [1.807, 2.05) is 24.3 Å². The van der Waals surface area contributed by atoms with Gasteiger partial charge in [0.25, 0.3) is 5.69 Å². The summed E-state index contributed by atoms with van der Waals surface area (Å²) in [5.74, 6) is -0.0758. The van der Waals surface area contributed by atoms with Crippen molar-refractivity contribution >= 4 is 17.6 Å². The van der Waals surface area contributed by atoms with Crippen LogP contribution < -0.4 is 10.1 Å². The number of carbonyl (C=O) groups excluding carboxylic acids is 2. The summed E-state index contributed by atoms with van der Waals surface area (Å²) >= 11 is 0. The van der Waals surface area contributed by atoms with Crippen LogP contribution in [0.3, 0.4) is 0 Å². The molecule has 0 bridgehead atoms. The number of ether oxygens (including phenoxy) is 2. The number of nitrogens with one attached hydrogen (secondary N) is 1. The first-order chi connectivity index (χ1) is 13.9. The largest absolute Gasteiger partial charge is 0.497 e. The minimum absolute atomic E-state index is 0.0371. The minimum Gasteiger partial charge on any atom is -0.497 e. The fourth-order valence-electron chi connectivity index (χ4n) is 2.74. The highest BCUT2D eigenvalue weighted by molar-refractivity contribution is 5.84. The number of hydrogen-bond donors (Lipinski definition) is 1. The molecular formula is C21H24N2O6. The lowest BCUT2D eigenvalue weighted by atomic mass is 10.0. The van der Waals surface area contributed by atoms with E-state index in [2.05, 4.69) is 5.32 Å². The number of nitro benzene ring substituents is 1. The summed E-state index contributed by atoms with van der Waals surface area (Å²) in [7, 11) is 1.59. The van der Waals surface area contributed by atoms with Gasteiger partial charge in [-0.3, -0.25) is 14.9 Å². The third-order valence-electron chi connectivity index (χ3n) is 4.29. The first kappa shape index (κ1) is 21.9. The van der Waals surface area contributed by atoms with Gasteiger partial charge in [0.05, 0.1) is 18.6 Å². The summed E-state index contributed by atoms with van der Waals surface area (Å²) in [4.78, 5) is 34.9. The molecule has 2 aromatic carbocycles. The van der Waals surface area contributed by atoms with Crippen LogP contribution in [0.5, 0.6) is 5.75 Å². The van der Waals surface area contributed by atoms with E-state index in [0.717, 1.165) is 11.3 Å². The average molecular weight is 400 g/mol. The van der Waals surface area contributed by atoms with Crippen LogP contribution in [0.4, 0.5) is 5.69 Å². The number of esters is 1. The average Bonchev–Trinajstić information content (AvgIpc) is 2.72. The fraction of sp³-hybridized carbons (Fsp3) is 0.333. The highest BCUT2D eigenvalue weighted by Crippen LogP contribution is 2.15. The number of methoxy groups -OCH3 is 1. The molecule has 0 radical (unpaired) electrons. The lowest BCUT2D eigenvalue weighted by Crippen LogP contribution is -2.43. The predicted molar refractivity (Wildman–Crippen MR) is 107 cm³/mol. The highest BCUT2D eigenvalue weighted by atomic mass is 16.6. The van der Waals surface area contributed by atoms with Crippen molar-refractivity contribution in [3.63, 3.8) is 0 Å². The van der Waals surface area contributed by atoms with Crippen LogP contribution in [0.1, 0.15) is 24.5 Å². The van der Waals surface area contributed by atoms with Crippen molar-refractivity contribution in [3.8, 4) is 5.75 Å². The molecular weight excluding hydrogens is 376 g/mol. The van der Waals surface area contributed by atoms with E-state index in [1.165, 1.54) is 12.1 Å². The molecule has 0 aliphatic carbocycles. The Labute approximate surface area is 169 Å². The van der Waals surface area contributed by atoms with Crippen molar-refractivity contribution < 1.29 is 24.0 Å². The standard InChI is InChI=1S/C21H24N2O6/c1-3-29-21(25)19(14-16-4-9-17(10-5-16)23(26)27)22-20(24)13-8-15-6-11-18(28-2)12-7-15/h4-7,9-12,19H,3,8,13-14H2,1-2H3,(H,22,24)/t19-/m0/s1. The molecule has 29 heavy (non-hydrogen) atoms. The summed E-state index contributed by atoms with van der Waals surface area (Å²) in [5, 5.41) is 13.5. The van der Waals surface area contributed by atoms with Crippen LogP contribution >= 0.6 is 0 Å². The van der Waals surface area contributed by atoms with Gasteiger partial charge in [0.1, 0.15) is 11.8 Å². The van der Waals surface area contributed by atoms with Gasteiger partial charge in [-0.25, -0.2) is 4.79 Å². The predicted octanol–water partition coefficient (Wildman–Crippen LogP) is 2.83. The molecule has 0 heterocycles. The van der Waals surface area contributed by atoms with Crippen molar-refractivity contribution in [2.24, 2.45) is 0 Å². The molecule has 1 N–H and O–H groups in total. The summed E-state index contributed by atoms with van der Waals surface area (Å²) < 4.78 is 10.2. The third-order valence-corrected chi connectivity index (χ3v) is 4.29. The molecule has 0 unspecified atom stereocenters. The number of non-ortho nitro benzene ring substituents is 1. The summed E-state index contributed by atoms with van der Waals surface area (Å²) in [6, 6.07) is 12.4. The molecule has 0 saturated carbocycles. The molecule has 1 atom stereocenters. The summed E-state index contributed by atoms with van der Waals surface area (Å²) in [6.07, 6.45) is 0.913. The number of nitrogens with zero attached hydrogens (tertiary/aromatic N) is 1. The van der Waals surface area contributed by atoms with Gasteiger partial charge < -0.3 is 14.8 Å². The van der Waals surface area contributed by atoms with Crippen molar-refractivity contribution in [2.75, 3.05) is 13.7 Å². The van der Waals surface area contributed by atoms with Crippen molar-refractivity contribution in [3.05, 3.63) is 69.8 Å². The topological polar surface area (TPSA) is 108 Å². The molecule has 1 amide bonds. The molecule has 8 nitrogen and oxygen atoms in total. The zero-order valence-electron chi connectivity index (χ0n) is 16.4. The van der Waals surface area contributed by atoms with Gasteiger partial charge in [-0.2, -0.15) is 0 Å². The second-order valence-electron chi connectivity index (χ2n) is 6.35. The van der Waals surface area contributed by atoms with E-state index in [0.29, 0.717) is 12.0 Å². The van der Waals surface area contributed by atoms with Crippen molar-refractivity contribution in [1.29, 1.82) is 0 Å². The Bertz CT molecular complexity index is 833. The van der Waals surface area contributed by atoms with Gasteiger partial charge in [0.2, 0.25) is 5.91 Å². The maximum absolute atomic E-state index is 12.4. The highest BCUT2D eigenvalue weighted by Gasteiger charge is 2.22. The third kappa shape index (κ3) is 6.91. The fourth-order valence-corrected chi connectivity index (χ4v) is 2.74. The van der Waals surface area contributed by atoms with Gasteiger partial charge in [-0.1, -0.05) is 24.3 Å². The maximum Gasteiger partial charge on any atom is 0.328 e. The molecule has 8 heteroatoms. The van der Waals surface area contributed by atoms with Gasteiger partial charge in [-0.15, -0.1) is 0 Å². The Balaban J connectivity index is 1.98. The number of benzene rings is 2. The summed E-state index contributed by atoms with van der Waals surface area (Å²) in [5.41, 5.74) is 1.62. The van der Waals surface area contributed by atoms with Crippen LogP contribution in [0.25, 0.3) is 0 Å². The molecule has 0 aliphatic heterocycles. The first-order valence-electron chi connectivity index (χ1n) is 9.25. The van der Waals surface area contributed by atoms with E-state index in [-0.39, 0.29) is 31.0 Å². The molecule has 0 spiro atoms. The normalized spacial score (nSPS) is 11.4. The number of hydrogen-bond acceptors (Lipinski definition) is 6. The second kappa shape index (κ2) is 10.8. The molecule has 0 saturated heterocycles. The number of amides is 1. The first-order valence-corrected chi connectivity index (χ1v) is 9.25. The van der Waals surface area contributed by atoms with E-state index < -0.39 is 16.9 Å². The Hall–Kier alpha value is -3.42. The van der Waals surface area contributed by atoms with E-state index >= 15 is 0 Å². The lowest BCUT2D eigenvalue weighted by Gasteiger charge is -2.17. The Morgan fingerprint density at radius 3 is 2.24 bits per heavy atom. The summed E-state index contributed by atoms with van der Waals surface area (Å²) in [6.45, 7) is 1.88. The molecule has 2 rings (SSSR count). The quantitative estimate of drug-likeness (QED) is 0.373. The molecule has 154 valence electrons. The van der Waals surface area contributed by atoms with Crippen LogP contribution in [0.2, 0.25) is 0 Å². The number of nitro groups is 1. The van der Waals surface area contributed by atoms with Gasteiger partial charge in [0, 0.05) is 25.0 Å². The number of rotatable bonds is 10. The van der Waals surface area contributed by atoms with Gasteiger partial charge in [-0.05, 0) is 36.6 Å². The lowest BCUT2D eigenvalue weighted by molar-refractivity contribution is -0.384. The molecule has 0 aliphatic rings. The van der Waals surface area contributed by atoms with Crippen LogP contribution in [-0.4, -0.2) is 36.6 Å². The monoisotopic (exact) mass is 400 g/mol. The molecule has 0 fully saturated rings. The second-order valence-corrected chi connectivity index (χ2v) is 6.35. The number of carbonyl (C=O) groups is 2.